The third-order valence-corrected chi connectivity index (χ3v) is 6.80. The molecule has 3 N–H and O–H groups in total. The van der Waals surface area contributed by atoms with Gasteiger partial charge in [-0.3, -0.25) is 9.59 Å². The molecule has 1 aliphatic heterocycles. The molecule has 212 valence electrons. The van der Waals surface area contributed by atoms with Gasteiger partial charge in [-0.1, -0.05) is 5.16 Å². The van der Waals surface area contributed by atoms with Crippen LogP contribution in [0.3, 0.4) is 0 Å². The van der Waals surface area contributed by atoms with Crippen LogP contribution in [0, 0.1) is 0 Å². The van der Waals surface area contributed by atoms with E-state index in [9.17, 15) is 27.6 Å². The molecule has 12 nitrogen and oxygen atoms in total. The lowest BCUT2D eigenvalue weighted by Gasteiger charge is -2.29. The Bertz CT molecular complexity index is 1230. The second-order valence-corrected chi connectivity index (χ2v) is 11.5. The summed E-state index contributed by atoms with van der Waals surface area (Å²) < 4.78 is 48.8. The van der Waals surface area contributed by atoms with E-state index in [-0.39, 0.29) is 24.0 Å². The number of carbonyl (C=O) groups is 3. The van der Waals surface area contributed by atoms with Crippen LogP contribution in [0.1, 0.15) is 61.3 Å². The first-order valence-electron chi connectivity index (χ1n) is 12.0. The molecule has 39 heavy (non-hydrogen) atoms. The quantitative estimate of drug-likeness (QED) is 0.273. The van der Waals surface area contributed by atoms with Gasteiger partial charge < -0.3 is 25.6 Å². The maximum atomic E-state index is 13.3. The number of pyridine rings is 1. The Labute approximate surface area is 234 Å². The molecule has 4 rings (SSSR count). The Morgan fingerprint density at radius 2 is 2.00 bits per heavy atom. The molecule has 0 bridgehead atoms. The van der Waals surface area contributed by atoms with Gasteiger partial charge in [0.15, 0.2) is 5.69 Å². The maximum absolute atomic E-state index is 13.3. The maximum Gasteiger partial charge on any atom is 0.410 e. The highest BCUT2D eigenvalue weighted by Gasteiger charge is 2.46. The highest BCUT2D eigenvalue weighted by Crippen LogP contribution is 2.40. The second kappa shape index (κ2) is 11.2. The number of rotatable bonds is 9. The van der Waals surface area contributed by atoms with Crippen molar-refractivity contribution in [3.05, 3.63) is 35.3 Å². The molecule has 1 saturated carbocycles. The Hall–Kier alpha value is -3.02. The van der Waals surface area contributed by atoms with Crippen LogP contribution >= 0.6 is 22.6 Å². The molecule has 4 amide bonds. The number of anilines is 1. The lowest BCUT2D eigenvalue weighted by atomic mass is 10.1. The van der Waals surface area contributed by atoms with Gasteiger partial charge in [0.1, 0.15) is 27.7 Å². The van der Waals surface area contributed by atoms with Crippen LogP contribution in [0.4, 0.5) is 23.8 Å². The molecule has 2 aliphatic rings. The highest BCUT2D eigenvalue weighted by atomic mass is 127. The number of hydrogen-bond acceptors (Lipinski definition) is 8. The third kappa shape index (κ3) is 7.55. The summed E-state index contributed by atoms with van der Waals surface area (Å²) in [4.78, 5) is 43.5. The van der Waals surface area contributed by atoms with Crippen LogP contribution in [0.25, 0.3) is 0 Å². The number of aromatic nitrogens is 3. The number of ether oxygens (including phenoxy) is 1. The van der Waals surface area contributed by atoms with Crippen LogP contribution in [0.15, 0.2) is 23.0 Å². The Morgan fingerprint density at radius 1 is 1.28 bits per heavy atom. The van der Waals surface area contributed by atoms with Gasteiger partial charge in [-0.25, -0.2) is 14.4 Å². The molecule has 0 spiro atoms. The number of nitrogens with one attached hydrogen (secondary N) is 3. The van der Waals surface area contributed by atoms with Crippen molar-refractivity contribution >= 4 is 46.3 Å². The van der Waals surface area contributed by atoms with Crippen molar-refractivity contribution in [1.82, 2.24) is 30.8 Å². The van der Waals surface area contributed by atoms with Crippen LogP contribution in [0.5, 0.6) is 0 Å². The minimum Gasteiger partial charge on any atom is -0.360 e. The van der Waals surface area contributed by atoms with Gasteiger partial charge in [0.05, 0.1) is 12.1 Å². The van der Waals surface area contributed by atoms with Gasteiger partial charge in [0.2, 0.25) is 0 Å². The molecule has 2 aromatic rings. The minimum absolute atomic E-state index is 0.00386. The van der Waals surface area contributed by atoms with Crippen molar-refractivity contribution in [2.24, 2.45) is 0 Å². The lowest BCUT2D eigenvalue weighted by Crippen LogP contribution is -2.51. The predicted molar refractivity (Wildman–Crippen MR) is 138 cm³/mol. The summed E-state index contributed by atoms with van der Waals surface area (Å²) in [5, 5.41) is 14.7. The molecule has 16 heteroatoms. The molecule has 2 aromatic heterocycles. The van der Waals surface area contributed by atoms with Gasteiger partial charge in [0, 0.05) is 18.7 Å². The van der Waals surface area contributed by atoms with Crippen LogP contribution in [-0.2, 0) is 16.1 Å². The fraction of sp³-hybridized carbons (Fsp3) is 0.565. The summed E-state index contributed by atoms with van der Waals surface area (Å²) in [6.45, 7) is 4.72. The number of carbonyl (C=O) groups excluding carboxylic acids is 3. The number of alkyl halides is 4. The van der Waals surface area contributed by atoms with E-state index in [1.807, 2.05) is 27.9 Å². The van der Waals surface area contributed by atoms with E-state index < -0.39 is 52.4 Å². The average molecular weight is 665 g/mol. The average Bonchev–Trinajstić information content (AvgIpc) is 3.42. The summed E-state index contributed by atoms with van der Waals surface area (Å²) in [5.74, 6) is -1.15. The SMILES string of the molecule is CC(C)(C)O[C@H](I)[C@H](NC(=O)c1nonc1C1CC1)C(=O)Nc1cc(CN2C[C@@H](C(F)(F)F)NC2=O)ccn1. The zero-order valence-corrected chi connectivity index (χ0v) is 23.4. The fourth-order valence-electron chi connectivity index (χ4n) is 3.82. The molecular formula is C23H27F3IN7O5. The van der Waals surface area contributed by atoms with E-state index in [0.717, 1.165) is 17.7 Å². The first-order valence-corrected chi connectivity index (χ1v) is 13.3. The minimum atomic E-state index is -4.56. The standard InChI is InChI=1S/C23H27F3IN7O5/c1-22(2,3)38-18(27)17(31-19(35)16-15(12-4-5-12)32-39-33-16)20(36)30-14-8-11(6-7-28-14)9-34-10-13(23(24,25)26)29-21(34)37/h6-8,12-13,17-18H,4-5,9-10H2,1-3H3,(H,29,37)(H,31,35)(H,28,30,36)/t13-,17-,18-/m0/s1. The lowest BCUT2D eigenvalue weighted by molar-refractivity contribution is -0.149. The summed E-state index contributed by atoms with van der Waals surface area (Å²) >= 11 is 1.90. The molecule has 0 aromatic carbocycles. The Morgan fingerprint density at radius 3 is 2.62 bits per heavy atom. The zero-order valence-electron chi connectivity index (χ0n) is 21.2. The molecular weight excluding hydrogens is 638 g/mol. The van der Waals surface area contributed by atoms with Crippen molar-refractivity contribution in [3.8, 4) is 0 Å². The monoisotopic (exact) mass is 665 g/mol. The highest BCUT2D eigenvalue weighted by molar-refractivity contribution is 14.1. The van der Waals surface area contributed by atoms with Crippen molar-refractivity contribution in [1.29, 1.82) is 0 Å². The summed E-state index contributed by atoms with van der Waals surface area (Å²) in [6.07, 6.45) is -1.49. The molecule has 3 heterocycles. The van der Waals surface area contributed by atoms with Crippen molar-refractivity contribution < 1.29 is 36.9 Å². The van der Waals surface area contributed by atoms with E-state index in [0.29, 0.717) is 11.3 Å². The molecule has 1 saturated heterocycles. The molecule has 3 atom stereocenters. The first kappa shape index (κ1) is 29.0. The molecule has 2 fully saturated rings. The van der Waals surface area contributed by atoms with E-state index in [4.69, 9.17) is 9.37 Å². The Kier molecular flexibility index (Phi) is 8.34. The number of urea groups is 1. The van der Waals surface area contributed by atoms with Crippen LogP contribution in [-0.4, -0.2) is 72.6 Å². The molecule has 0 radical (unpaired) electrons. The van der Waals surface area contributed by atoms with Gasteiger partial charge in [-0.2, -0.15) is 13.2 Å². The fourth-order valence-corrected chi connectivity index (χ4v) is 5.09. The topological polar surface area (TPSA) is 152 Å². The predicted octanol–water partition coefficient (Wildman–Crippen LogP) is 3.11. The van der Waals surface area contributed by atoms with E-state index >= 15 is 0 Å². The third-order valence-electron chi connectivity index (χ3n) is 5.82. The van der Waals surface area contributed by atoms with Crippen molar-refractivity contribution in [2.45, 2.75) is 74.0 Å². The first-order chi connectivity index (χ1) is 18.2. The number of nitrogens with zero attached hydrogens (tertiary/aromatic N) is 4. The molecule has 0 unspecified atom stereocenters. The van der Waals surface area contributed by atoms with E-state index in [1.165, 1.54) is 18.3 Å². The number of halogens is 4. The van der Waals surface area contributed by atoms with Gasteiger partial charge in [0.25, 0.3) is 11.8 Å². The van der Waals surface area contributed by atoms with Crippen LogP contribution in [0.2, 0.25) is 0 Å². The zero-order chi connectivity index (χ0) is 28.5. The molecule has 1 aliphatic carbocycles. The van der Waals surface area contributed by atoms with Crippen molar-refractivity contribution in [2.75, 3.05) is 11.9 Å². The summed E-state index contributed by atoms with van der Waals surface area (Å²) in [5.41, 5.74) is 0.225. The van der Waals surface area contributed by atoms with Gasteiger partial charge >= 0.3 is 12.2 Å². The Balaban J connectivity index is 1.47. The van der Waals surface area contributed by atoms with Gasteiger partial charge in [-0.15, -0.1) is 0 Å². The summed E-state index contributed by atoms with van der Waals surface area (Å²) in [7, 11) is 0. The second-order valence-electron chi connectivity index (χ2n) is 10.3. The van der Waals surface area contributed by atoms with Crippen LogP contribution < -0.4 is 16.0 Å². The summed E-state index contributed by atoms with van der Waals surface area (Å²) in [6, 6.07) is -1.04. The smallest absolute Gasteiger partial charge is 0.360 e. The van der Waals surface area contributed by atoms with Gasteiger partial charge in [-0.05, 0) is 79.1 Å². The number of hydrogen-bond donors (Lipinski definition) is 3. The van der Waals surface area contributed by atoms with Crippen molar-refractivity contribution in [3.63, 3.8) is 0 Å². The number of amides is 4. The van der Waals surface area contributed by atoms with E-state index in [1.54, 1.807) is 20.8 Å². The van der Waals surface area contributed by atoms with E-state index in [2.05, 4.69) is 25.9 Å². The normalized spacial score (nSPS) is 19.4. The largest absolute Gasteiger partial charge is 0.410 e.